The molecule has 2 aromatic carbocycles. The minimum absolute atomic E-state index is 0.0519. The second-order valence-corrected chi connectivity index (χ2v) is 9.13. The Balaban J connectivity index is 1.64. The number of nitrogens with zero attached hydrogens (tertiary/aromatic N) is 2. The number of carboxylic acids is 1. The smallest absolute Gasteiger partial charge is 0.305 e. The van der Waals surface area contributed by atoms with Gasteiger partial charge in [-0.25, -0.2) is 4.39 Å². The van der Waals surface area contributed by atoms with Crippen molar-refractivity contribution in [2.75, 3.05) is 6.61 Å². The van der Waals surface area contributed by atoms with Crippen molar-refractivity contribution in [3.8, 4) is 11.6 Å². The number of amides is 1. The average molecular weight is 482 g/mol. The number of hydrogen-bond acceptors (Lipinski definition) is 5. The predicted octanol–water partition coefficient (Wildman–Crippen LogP) is 3.81. The van der Waals surface area contributed by atoms with E-state index in [0.29, 0.717) is 5.56 Å². The molecule has 1 aliphatic carbocycles. The van der Waals surface area contributed by atoms with Gasteiger partial charge in [-0.3, -0.25) is 9.59 Å². The molecule has 184 valence electrons. The van der Waals surface area contributed by atoms with Crippen LogP contribution in [0.25, 0.3) is 5.69 Å². The fourth-order valence-corrected chi connectivity index (χ4v) is 4.04. The topological polar surface area (TPSA) is 114 Å². The Labute approximate surface area is 202 Å². The van der Waals surface area contributed by atoms with Crippen molar-refractivity contribution in [2.45, 2.75) is 44.8 Å². The third kappa shape index (κ3) is 5.68. The molecule has 2 atom stereocenters. The zero-order valence-electron chi connectivity index (χ0n) is 19.6. The maximum absolute atomic E-state index is 14.6. The van der Waals surface area contributed by atoms with Crippen LogP contribution in [0, 0.1) is 18.7 Å². The van der Waals surface area contributed by atoms with Gasteiger partial charge in [0, 0.05) is 6.07 Å². The lowest BCUT2D eigenvalue weighted by molar-refractivity contribution is -0.137. The number of carbonyl (C=O) groups is 2. The lowest BCUT2D eigenvalue weighted by Crippen LogP contribution is -2.35. The molecule has 1 heterocycles. The zero-order chi connectivity index (χ0) is 25.2. The molecule has 1 aliphatic rings. The monoisotopic (exact) mass is 481 g/mol. The third-order valence-electron chi connectivity index (χ3n) is 6.21. The SMILES string of the molecule is Cc1ccccc1C(CC(=O)O)NC(=O)c1cc(OC[C@@](C)(O)C2CC2)n(-c2ccccc2F)n1. The highest BCUT2D eigenvalue weighted by Crippen LogP contribution is 2.39. The summed E-state index contributed by atoms with van der Waals surface area (Å²) in [4.78, 5) is 24.6. The number of para-hydroxylation sites is 1. The van der Waals surface area contributed by atoms with Crippen LogP contribution in [0.4, 0.5) is 4.39 Å². The number of hydrogen-bond donors (Lipinski definition) is 3. The molecular weight excluding hydrogens is 453 g/mol. The van der Waals surface area contributed by atoms with E-state index in [0.717, 1.165) is 18.4 Å². The summed E-state index contributed by atoms with van der Waals surface area (Å²) in [5.74, 6) is -2.05. The Bertz CT molecular complexity index is 1240. The van der Waals surface area contributed by atoms with Crippen molar-refractivity contribution in [1.29, 1.82) is 0 Å². The number of benzene rings is 2. The van der Waals surface area contributed by atoms with E-state index in [1.54, 1.807) is 25.1 Å². The summed E-state index contributed by atoms with van der Waals surface area (Å²) in [5, 5.41) is 27.0. The number of aromatic nitrogens is 2. The summed E-state index contributed by atoms with van der Waals surface area (Å²) in [5.41, 5.74) is 0.451. The quantitative estimate of drug-likeness (QED) is 0.406. The number of halogens is 1. The van der Waals surface area contributed by atoms with E-state index in [9.17, 15) is 24.2 Å². The Morgan fingerprint density at radius 1 is 1.23 bits per heavy atom. The van der Waals surface area contributed by atoms with Gasteiger partial charge in [-0.15, -0.1) is 0 Å². The number of nitrogens with one attached hydrogen (secondary N) is 1. The molecule has 3 N–H and O–H groups in total. The van der Waals surface area contributed by atoms with Crippen molar-refractivity contribution in [3.05, 3.63) is 77.2 Å². The van der Waals surface area contributed by atoms with Crippen LogP contribution in [0.1, 0.15) is 53.8 Å². The van der Waals surface area contributed by atoms with E-state index in [1.807, 2.05) is 19.1 Å². The summed E-state index contributed by atoms with van der Waals surface area (Å²) in [7, 11) is 0. The van der Waals surface area contributed by atoms with Crippen molar-refractivity contribution in [3.63, 3.8) is 0 Å². The first-order chi connectivity index (χ1) is 16.7. The van der Waals surface area contributed by atoms with Gasteiger partial charge in [-0.05, 0) is 55.9 Å². The van der Waals surface area contributed by atoms with E-state index in [2.05, 4.69) is 10.4 Å². The second-order valence-electron chi connectivity index (χ2n) is 9.13. The molecule has 1 saturated carbocycles. The predicted molar refractivity (Wildman–Crippen MR) is 126 cm³/mol. The molecule has 1 aromatic heterocycles. The molecular formula is C26H28FN3O5. The minimum Gasteiger partial charge on any atom is -0.481 e. The first-order valence-electron chi connectivity index (χ1n) is 11.4. The fraction of sp³-hybridized carbons (Fsp3) is 0.346. The molecule has 0 bridgehead atoms. The van der Waals surface area contributed by atoms with Crippen LogP contribution in [0.2, 0.25) is 0 Å². The summed E-state index contributed by atoms with van der Waals surface area (Å²) in [6.07, 6.45) is 1.49. The maximum Gasteiger partial charge on any atom is 0.305 e. The Morgan fingerprint density at radius 2 is 1.91 bits per heavy atom. The summed E-state index contributed by atoms with van der Waals surface area (Å²) in [6, 6.07) is 13.7. The van der Waals surface area contributed by atoms with Gasteiger partial charge in [0.05, 0.1) is 18.1 Å². The van der Waals surface area contributed by atoms with E-state index in [-0.39, 0.29) is 36.2 Å². The largest absolute Gasteiger partial charge is 0.481 e. The van der Waals surface area contributed by atoms with Crippen LogP contribution in [0.3, 0.4) is 0 Å². The number of aliphatic carboxylic acids is 1. The lowest BCUT2D eigenvalue weighted by atomic mass is 9.98. The maximum atomic E-state index is 14.6. The molecule has 0 spiro atoms. The van der Waals surface area contributed by atoms with Crippen molar-refractivity contribution < 1.29 is 28.9 Å². The van der Waals surface area contributed by atoms with Gasteiger partial charge in [0.2, 0.25) is 5.88 Å². The number of carboxylic acid groups (broad SMARTS) is 1. The highest BCUT2D eigenvalue weighted by atomic mass is 19.1. The van der Waals surface area contributed by atoms with E-state index in [4.69, 9.17) is 4.74 Å². The van der Waals surface area contributed by atoms with Crippen molar-refractivity contribution in [1.82, 2.24) is 15.1 Å². The van der Waals surface area contributed by atoms with Gasteiger partial charge >= 0.3 is 5.97 Å². The molecule has 8 nitrogen and oxygen atoms in total. The van der Waals surface area contributed by atoms with Gasteiger partial charge in [0.15, 0.2) is 5.69 Å². The number of ether oxygens (including phenoxy) is 1. The van der Waals surface area contributed by atoms with Gasteiger partial charge in [-0.2, -0.15) is 9.78 Å². The average Bonchev–Trinajstić information content (AvgIpc) is 3.59. The van der Waals surface area contributed by atoms with Gasteiger partial charge < -0.3 is 20.3 Å². The van der Waals surface area contributed by atoms with Crippen molar-refractivity contribution >= 4 is 11.9 Å². The first-order valence-corrected chi connectivity index (χ1v) is 11.4. The molecule has 1 fully saturated rings. The Hall–Kier alpha value is -3.72. The van der Waals surface area contributed by atoms with Gasteiger partial charge in [0.25, 0.3) is 5.91 Å². The molecule has 0 aliphatic heterocycles. The minimum atomic E-state index is -1.07. The van der Waals surface area contributed by atoms with E-state index >= 15 is 0 Å². The molecule has 3 aromatic rings. The van der Waals surface area contributed by atoms with Crippen LogP contribution in [0.5, 0.6) is 5.88 Å². The number of aliphatic hydroxyl groups is 1. The van der Waals surface area contributed by atoms with Gasteiger partial charge in [-0.1, -0.05) is 36.4 Å². The molecule has 0 radical (unpaired) electrons. The summed E-state index contributed by atoms with van der Waals surface area (Å²) >= 11 is 0. The highest BCUT2D eigenvalue weighted by molar-refractivity contribution is 5.93. The highest BCUT2D eigenvalue weighted by Gasteiger charge is 2.41. The number of rotatable bonds is 10. The van der Waals surface area contributed by atoms with Crippen molar-refractivity contribution in [2.24, 2.45) is 5.92 Å². The molecule has 0 saturated heterocycles. The van der Waals surface area contributed by atoms with E-state index in [1.165, 1.54) is 28.9 Å². The molecule has 1 unspecified atom stereocenters. The molecule has 35 heavy (non-hydrogen) atoms. The molecule has 9 heteroatoms. The lowest BCUT2D eigenvalue weighted by Gasteiger charge is -2.23. The van der Waals surface area contributed by atoms with Crippen LogP contribution in [-0.2, 0) is 4.79 Å². The second kappa shape index (κ2) is 9.87. The van der Waals surface area contributed by atoms with E-state index < -0.39 is 29.3 Å². The van der Waals surface area contributed by atoms with Crippen LogP contribution < -0.4 is 10.1 Å². The third-order valence-corrected chi connectivity index (χ3v) is 6.21. The Kier molecular flexibility index (Phi) is 6.88. The van der Waals surface area contributed by atoms with Crippen LogP contribution in [-0.4, -0.2) is 44.1 Å². The summed E-state index contributed by atoms with van der Waals surface area (Å²) in [6.45, 7) is 3.46. The standard InChI is InChI=1S/C26H28FN3O5/c1-16-7-3-4-8-18(16)20(14-24(31)32)28-25(33)21-13-23(35-15-26(2,34)17-11-12-17)30(29-21)22-10-6-5-9-19(22)27/h3-10,13,17,20,34H,11-12,14-15H2,1-2H3,(H,28,33)(H,31,32)/t20?,26-/m1/s1. The van der Waals surface area contributed by atoms with Gasteiger partial charge in [0.1, 0.15) is 18.1 Å². The van der Waals surface area contributed by atoms with Crippen LogP contribution in [0.15, 0.2) is 54.6 Å². The van der Waals surface area contributed by atoms with Crippen LogP contribution >= 0.6 is 0 Å². The fourth-order valence-electron chi connectivity index (χ4n) is 4.04. The summed E-state index contributed by atoms with van der Waals surface area (Å²) < 4.78 is 21.6. The number of aryl methyl sites for hydroxylation is 1. The molecule has 4 rings (SSSR count). The normalized spacial score (nSPS) is 15.8. The number of carbonyl (C=O) groups excluding carboxylic acids is 1. The first kappa shape index (κ1) is 24.4. The zero-order valence-corrected chi connectivity index (χ0v) is 19.6. The Morgan fingerprint density at radius 3 is 2.57 bits per heavy atom. The molecule has 1 amide bonds.